The number of aryl methyl sites for hydroxylation is 2. The summed E-state index contributed by atoms with van der Waals surface area (Å²) in [6, 6.07) is 9.22. The molecule has 2 aliphatic carbocycles. The van der Waals surface area contributed by atoms with Crippen LogP contribution in [0.15, 0.2) is 29.4 Å². The molecule has 1 N–H and O–H groups in total. The van der Waals surface area contributed by atoms with Gasteiger partial charge in [0.05, 0.1) is 17.5 Å². The van der Waals surface area contributed by atoms with Crippen LogP contribution in [0.1, 0.15) is 73.1 Å². The SMILES string of the molecule is Cc1nc(SCC(=O)NC2CCCc3ccccc32)n(C2CCCC2)c1C. The molecule has 0 radical (unpaired) electrons. The fraction of sp³-hybridized carbons (Fsp3) is 0.545. The normalized spacial score (nSPS) is 19.9. The number of hydrogen-bond donors (Lipinski definition) is 1. The van der Waals surface area contributed by atoms with Gasteiger partial charge >= 0.3 is 0 Å². The van der Waals surface area contributed by atoms with Gasteiger partial charge in [0.2, 0.25) is 5.91 Å². The lowest BCUT2D eigenvalue weighted by Gasteiger charge is -2.26. The predicted octanol–water partition coefficient (Wildman–Crippen LogP) is 4.90. The third-order valence-electron chi connectivity index (χ3n) is 6.08. The Morgan fingerprint density at radius 1 is 1.19 bits per heavy atom. The first-order chi connectivity index (χ1) is 13.1. The highest BCUT2D eigenvalue weighted by atomic mass is 32.2. The highest BCUT2D eigenvalue weighted by Gasteiger charge is 2.25. The van der Waals surface area contributed by atoms with Gasteiger partial charge in [-0.05, 0) is 57.1 Å². The average Bonchev–Trinajstić information content (AvgIpc) is 3.29. The second kappa shape index (κ2) is 8.09. The lowest BCUT2D eigenvalue weighted by molar-refractivity contribution is -0.119. The number of hydrogen-bond acceptors (Lipinski definition) is 3. The summed E-state index contributed by atoms with van der Waals surface area (Å²) in [4.78, 5) is 17.4. The van der Waals surface area contributed by atoms with Crippen molar-refractivity contribution in [1.29, 1.82) is 0 Å². The third-order valence-corrected chi connectivity index (χ3v) is 7.03. The van der Waals surface area contributed by atoms with Crippen molar-refractivity contribution >= 4 is 17.7 Å². The van der Waals surface area contributed by atoms with Crippen LogP contribution in [0.4, 0.5) is 0 Å². The van der Waals surface area contributed by atoms with Crippen molar-refractivity contribution in [1.82, 2.24) is 14.9 Å². The van der Waals surface area contributed by atoms with E-state index in [0.717, 1.165) is 30.1 Å². The zero-order chi connectivity index (χ0) is 18.8. The van der Waals surface area contributed by atoms with Crippen LogP contribution in [0.25, 0.3) is 0 Å². The van der Waals surface area contributed by atoms with E-state index in [0.29, 0.717) is 11.8 Å². The maximum absolute atomic E-state index is 12.6. The van der Waals surface area contributed by atoms with Crippen molar-refractivity contribution in [2.75, 3.05) is 5.75 Å². The fourth-order valence-corrected chi connectivity index (χ4v) is 5.53. The Hall–Kier alpha value is -1.75. The molecule has 1 saturated carbocycles. The summed E-state index contributed by atoms with van der Waals surface area (Å²) in [6.45, 7) is 4.23. The topological polar surface area (TPSA) is 46.9 Å². The van der Waals surface area contributed by atoms with E-state index >= 15 is 0 Å². The molecule has 27 heavy (non-hydrogen) atoms. The molecule has 0 spiro atoms. The van der Waals surface area contributed by atoms with Crippen molar-refractivity contribution < 1.29 is 4.79 Å². The van der Waals surface area contributed by atoms with Gasteiger partial charge in [-0.15, -0.1) is 0 Å². The second-order valence-corrected chi connectivity index (χ2v) is 8.82. The Morgan fingerprint density at radius 3 is 2.78 bits per heavy atom. The van der Waals surface area contributed by atoms with E-state index in [4.69, 9.17) is 4.98 Å². The minimum absolute atomic E-state index is 0.109. The van der Waals surface area contributed by atoms with Gasteiger partial charge in [0, 0.05) is 11.7 Å². The molecule has 2 aromatic rings. The van der Waals surface area contributed by atoms with Gasteiger partial charge in [0.25, 0.3) is 0 Å². The van der Waals surface area contributed by atoms with Gasteiger partial charge in [-0.3, -0.25) is 4.79 Å². The number of nitrogens with one attached hydrogen (secondary N) is 1. The van der Waals surface area contributed by atoms with Crippen LogP contribution in [0.2, 0.25) is 0 Å². The lowest BCUT2D eigenvalue weighted by Crippen LogP contribution is -2.32. The Labute approximate surface area is 166 Å². The number of rotatable bonds is 5. The van der Waals surface area contributed by atoms with Gasteiger partial charge in [0.1, 0.15) is 0 Å². The van der Waals surface area contributed by atoms with Crippen LogP contribution in [-0.4, -0.2) is 21.2 Å². The molecule has 1 aromatic heterocycles. The quantitative estimate of drug-likeness (QED) is 0.747. The standard InChI is InChI=1S/C22H29N3OS/c1-15-16(2)25(18-10-4-5-11-18)22(23-15)27-14-21(26)24-20-13-7-9-17-8-3-6-12-19(17)20/h3,6,8,12,18,20H,4-5,7,9-11,13-14H2,1-2H3,(H,24,26). The number of nitrogens with zero attached hydrogens (tertiary/aromatic N) is 2. The Bertz CT molecular complexity index is 823. The van der Waals surface area contributed by atoms with Gasteiger partial charge in [0.15, 0.2) is 5.16 Å². The molecule has 1 aromatic carbocycles. The van der Waals surface area contributed by atoms with Crippen molar-refractivity contribution in [3.63, 3.8) is 0 Å². The molecule has 1 atom stereocenters. The molecule has 0 bridgehead atoms. The largest absolute Gasteiger partial charge is 0.349 e. The van der Waals surface area contributed by atoms with E-state index in [1.54, 1.807) is 11.8 Å². The Balaban J connectivity index is 1.41. The van der Waals surface area contributed by atoms with Crippen LogP contribution in [0.3, 0.4) is 0 Å². The lowest BCUT2D eigenvalue weighted by atomic mass is 9.88. The molecule has 1 fully saturated rings. The van der Waals surface area contributed by atoms with Crippen LogP contribution < -0.4 is 5.32 Å². The smallest absolute Gasteiger partial charge is 0.230 e. The van der Waals surface area contributed by atoms with E-state index in [-0.39, 0.29) is 11.9 Å². The van der Waals surface area contributed by atoms with Gasteiger partial charge in [-0.2, -0.15) is 0 Å². The van der Waals surface area contributed by atoms with Crippen LogP contribution in [-0.2, 0) is 11.2 Å². The number of carbonyl (C=O) groups is 1. The van der Waals surface area contributed by atoms with Crippen molar-refractivity contribution in [2.24, 2.45) is 0 Å². The highest BCUT2D eigenvalue weighted by Crippen LogP contribution is 2.35. The highest BCUT2D eigenvalue weighted by molar-refractivity contribution is 7.99. The fourth-order valence-electron chi connectivity index (χ4n) is 4.56. The summed E-state index contributed by atoms with van der Waals surface area (Å²) in [5.74, 6) is 0.541. The van der Waals surface area contributed by atoms with Gasteiger partial charge in [-0.1, -0.05) is 48.9 Å². The predicted molar refractivity (Wildman–Crippen MR) is 110 cm³/mol. The van der Waals surface area contributed by atoms with E-state index in [9.17, 15) is 4.79 Å². The van der Waals surface area contributed by atoms with Crippen molar-refractivity contribution in [2.45, 2.75) is 76.0 Å². The number of amides is 1. The second-order valence-electron chi connectivity index (χ2n) is 7.87. The minimum Gasteiger partial charge on any atom is -0.349 e. The molecule has 4 nitrogen and oxygen atoms in total. The maximum atomic E-state index is 12.6. The molecule has 1 heterocycles. The molecule has 0 saturated heterocycles. The average molecular weight is 384 g/mol. The maximum Gasteiger partial charge on any atom is 0.230 e. The molecular weight excluding hydrogens is 354 g/mol. The molecule has 1 amide bonds. The summed E-state index contributed by atoms with van der Waals surface area (Å²) in [6.07, 6.45) is 8.35. The summed E-state index contributed by atoms with van der Waals surface area (Å²) in [7, 11) is 0. The van der Waals surface area contributed by atoms with Crippen LogP contribution >= 0.6 is 11.8 Å². The van der Waals surface area contributed by atoms with E-state index < -0.39 is 0 Å². The molecular formula is C22H29N3OS. The summed E-state index contributed by atoms with van der Waals surface area (Å²) in [5, 5.41) is 4.27. The van der Waals surface area contributed by atoms with E-state index in [1.165, 1.54) is 42.5 Å². The summed E-state index contributed by atoms with van der Waals surface area (Å²) >= 11 is 1.59. The van der Waals surface area contributed by atoms with Crippen LogP contribution in [0.5, 0.6) is 0 Å². The third kappa shape index (κ3) is 3.93. The van der Waals surface area contributed by atoms with E-state index in [2.05, 4.69) is 48.0 Å². The Kier molecular flexibility index (Phi) is 5.58. The van der Waals surface area contributed by atoms with Crippen molar-refractivity contribution in [3.05, 3.63) is 46.8 Å². The van der Waals surface area contributed by atoms with E-state index in [1.807, 2.05) is 0 Å². The Morgan fingerprint density at radius 2 is 1.96 bits per heavy atom. The summed E-state index contributed by atoms with van der Waals surface area (Å²) < 4.78 is 2.39. The monoisotopic (exact) mass is 383 g/mol. The molecule has 144 valence electrons. The first kappa shape index (κ1) is 18.6. The molecule has 2 aliphatic rings. The number of carbonyl (C=O) groups excluding carboxylic acids is 1. The van der Waals surface area contributed by atoms with Crippen molar-refractivity contribution in [3.8, 4) is 0 Å². The number of aromatic nitrogens is 2. The van der Waals surface area contributed by atoms with Gasteiger partial charge < -0.3 is 9.88 Å². The summed E-state index contributed by atoms with van der Waals surface area (Å²) in [5.41, 5.74) is 5.02. The molecule has 0 aliphatic heterocycles. The molecule has 4 rings (SSSR count). The first-order valence-electron chi connectivity index (χ1n) is 10.2. The number of imidazole rings is 1. The minimum atomic E-state index is 0.109. The molecule has 1 unspecified atom stereocenters. The van der Waals surface area contributed by atoms with Gasteiger partial charge in [-0.25, -0.2) is 4.98 Å². The zero-order valence-electron chi connectivity index (χ0n) is 16.3. The first-order valence-corrected chi connectivity index (χ1v) is 11.2. The number of fused-ring (bicyclic) bond motifs is 1. The van der Waals surface area contributed by atoms with Crippen LogP contribution in [0, 0.1) is 13.8 Å². The molecule has 5 heteroatoms. The zero-order valence-corrected chi connectivity index (χ0v) is 17.1. The number of benzene rings is 1. The number of thioether (sulfide) groups is 1.